The van der Waals surface area contributed by atoms with E-state index in [9.17, 15) is 14.4 Å². The van der Waals surface area contributed by atoms with Crippen molar-refractivity contribution in [2.45, 2.75) is 143 Å². The first-order valence-corrected chi connectivity index (χ1v) is 18.9. The number of rotatable bonds is 33. The maximum atomic E-state index is 13.1. The normalized spacial score (nSPS) is 13.3. The molecule has 0 fully saturated rings. The fourth-order valence-electron chi connectivity index (χ4n) is 5.61. The predicted molar refractivity (Wildman–Crippen MR) is 186 cm³/mol. The fourth-order valence-corrected chi connectivity index (χ4v) is 5.61. The Kier molecular flexibility index (Phi) is 31.3. The molecule has 3 unspecified atom stereocenters. The van der Waals surface area contributed by atoms with E-state index in [4.69, 9.17) is 29.2 Å². The summed E-state index contributed by atoms with van der Waals surface area (Å²) in [5.41, 5.74) is 0. The first-order chi connectivity index (χ1) is 22.8. The van der Waals surface area contributed by atoms with Crippen LogP contribution in [0.4, 0.5) is 4.79 Å². The molecular formula is C37H71NO9. The van der Waals surface area contributed by atoms with Gasteiger partial charge in [0.2, 0.25) is 0 Å². The van der Waals surface area contributed by atoms with Gasteiger partial charge in [-0.1, -0.05) is 105 Å². The zero-order chi connectivity index (χ0) is 35.0. The lowest BCUT2D eigenvalue weighted by Gasteiger charge is -2.21. The molecule has 278 valence electrons. The summed E-state index contributed by atoms with van der Waals surface area (Å²) in [6.07, 6.45) is 16.8. The van der Waals surface area contributed by atoms with Crippen molar-refractivity contribution in [1.82, 2.24) is 4.90 Å². The van der Waals surface area contributed by atoms with Gasteiger partial charge in [-0.3, -0.25) is 14.5 Å². The SMILES string of the molecule is CCCCCCC(CCCC)CC(=O)OCC(COC(=O)OCCCN(CCO)CCO)COC(=O)C(CCCC)CCCCCC. The zero-order valence-corrected chi connectivity index (χ0v) is 30.5. The number of hydrogen-bond donors (Lipinski definition) is 2. The lowest BCUT2D eigenvalue weighted by atomic mass is 9.92. The summed E-state index contributed by atoms with van der Waals surface area (Å²) in [7, 11) is 0. The van der Waals surface area contributed by atoms with E-state index >= 15 is 0 Å². The lowest BCUT2D eigenvalue weighted by Crippen LogP contribution is -2.31. The van der Waals surface area contributed by atoms with Crippen LogP contribution in [0.3, 0.4) is 0 Å². The van der Waals surface area contributed by atoms with Gasteiger partial charge in [0.05, 0.1) is 31.7 Å². The highest BCUT2D eigenvalue weighted by Crippen LogP contribution is 2.22. The zero-order valence-electron chi connectivity index (χ0n) is 30.5. The average Bonchev–Trinajstić information content (AvgIpc) is 3.06. The van der Waals surface area contributed by atoms with Gasteiger partial charge in [-0.25, -0.2) is 4.79 Å². The number of esters is 2. The Hall–Kier alpha value is -1.91. The summed E-state index contributed by atoms with van der Waals surface area (Å²) < 4.78 is 22.0. The Morgan fingerprint density at radius 1 is 0.553 bits per heavy atom. The van der Waals surface area contributed by atoms with E-state index in [1.165, 1.54) is 19.3 Å². The third kappa shape index (κ3) is 26.7. The molecule has 0 spiro atoms. The van der Waals surface area contributed by atoms with Crippen molar-refractivity contribution in [3.8, 4) is 0 Å². The van der Waals surface area contributed by atoms with Crippen LogP contribution in [-0.4, -0.2) is 92.5 Å². The van der Waals surface area contributed by atoms with Crippen LogP contribution in [0.1, 0.15) is 143 Å². The second-order valence-corrected chi connectivity index (χ2v) is 13.0. The lowest BCUT2D eigenvalue weighted by molar-refractivity contribution is -0.154. The van der Waals surface area contributed by atoms with Crippen molar-refractivity contribution in [1.29, 1.82) is 0 Å². The topological polar surface area (TPSA) is 132 Å². The second-order valence-electron chi connectivity index (χ2n) is 13.0. The standard InChI is InChI=1S/C37H71NO9/c1-5-9-13-15-19-32(18-11-7-3)28-35(41)45-29-33(30-46-36(42)34(20-12-8-4)21-16-14-10-6-2)31-47-37(43)44-27-17-22-38(23-25-39)24-26-40/h32-34,39-40H,5-31H2,1-4H3. The number of hydrogen-bond acceptors (Lipinski definition) is 10. The number of unbranched alkanes of at least 4 members (excludes halogenated alkanes) is 8. The van der Waals surface area contributed by atoms with Crippen LogP contribution in [0.15, 0.2) is 0 Å². The third-order valence-corrected chi connectivity index (χ3v) is 8.58. The van der Waals surface area contributed by atoms with Gasteiger partial charge in [0.25, 0.3) is 0 Å². The number of aliphatic hydroxyl groups excluding tert-OH is 2. The highest BCUT2D eigenvalue weighted by Gasteiger charge is 2.24. The predicted octanol–water partition coefficient (Wildman–Crippen LogP) is 7.46. The van der Waals surface area contributed by atoms with Gasteiger partial charge in [-0.15, -0.1) is 0 Å². The highest BCUT2D eigenvalue weighted by molar-refractivity contribution is 5.72. The molecule has 3 atom stereocenters. The molecule has 0 aromatic heterocycles. The summed E-state index contributed by atoms with van der Waals surface area (Å²) in [4.78, 5) is 40.3. The third-order valence-electron chi connectivity index (χ3n) is 8.58. The summed E-state index contributed by atoms with van der Waals surface area (Å²) in [5, 5.41) is 18.3. The molecule has 10 nitrogen and oxygen atoms in total. The van der Waals surface area contributed by atoms with Crippen LogP contribution in [0.5, 0.6) is 0 Å². The van der Waals surface area contributed by atoms with Gasteiger partial charge in [-0.2, -0.15) is 0 Å². The summed E-state index contributed by atoms with van der Waals surface area (Å²) in [6, 6.07) is 0. The molecule has 0 rings (SSSR count). The van der Waals surface area contributed by atoms with Gasteiger partial charge in [0.15, 0.2) is 0 Å². The number of aliphatic hydroxyl groups is 2. The van der Waals surface area contributed by atoms with Crippen molar-refractivity contribution < 1.29 is 43.5 Å². The van der Waals surface area contributed by atoms with Crippen LogP contribution in [0, 0.1) is 17.8 Å². The maximum absolute atomic E-state index is 13.1. The fraction of sp³-hybridized carbons (Fsp3) is 0.919. The molecule has 0 radical (unpaired) electrons. The Morgan fingerprint density at radius 3 is 1.70 bits per heavy atom. The Labute approximate surface area is 286 Å². The molecule has 0 amide bonds. The quantitative estimate of drug-likeness (QED) is 0.0411. The average molecular weight is 674 g/mol. The number of ether oxygens (including phenoxy) is 4. The van der Waals surface area contributed by atoms with E-state index in [0.29, 0.717) is 38.4 Å². The molecule has 0 aliphatic carbocycles. The smallest absolute Gasteiger partial charge is 0.465 e. The minimum absolute atomic E-state index is 0.00939. The van der Waals surface area contributed by atoms with Gasteiger partial charge in [0, 0.05) is 26.1 Å². The number of nitrogens with zero attached hydrogens (tertiary/aromatic N) is 1. The molecule has 0 aliphatic heterocycles. The molecule has 0 aromatic carbocycles. The molecule has 0 heterocycles. The Balaban J connectivity index is 5.17. The van der Waals surface area contributed by atoms with Crippen molar-refractivity contribution in [2.75, 3.05) is 59.3 Å². The minimum atomic E-state index is -0.841. The van der Waals surface area contributed by atoms with Gasteiger partial charge in [0.1, 0.15) is 19.8 Å². The van der Waals surface area contributed by atoms with E-state index < -0.39 is 12.1 Å². The van der Waals surface area contributed by atoms with E-state index in [1.807, 2.05) is 4.90 Å². The number of carbonyl (C=O) groups excluding carboxylic acids is 3. The van der Waals surface area contributed by atoms with Gasteiger partial charge < -0.3 is 29.2 Å². The van der Waals surface area contributed by atoms with Crippen molar-refractivity contribution in [3.63, 3.8) is 0 Å². The van der Waals surface area contributed by atoms with Gasteiger partial charge >= 0.3 is 18.1 Å². The molecule has 0 aromatic rings. The van der Waals surface area contributed by atoms with E-state index in [-0.39, 0.29) is 57.5 Å². The van der Waals surface area contributed by atoms with E-state index in [0.717, 1.165) is 83.5 Å². The summed E-state index contributed by atoms with van der Waals surface area (Å²) in [5.74, 6) is -0.891. The first-order valence-electron chi connectivity index (χ1n) is 18.9. The Morgan fingerprint density at radius 2 is 1.09 bits per heavy atom. The largest absolute Gasteiger partial charge is 0.508 e. The van der Waals surface area contributed by atoms with Gasteiger partial charge in [-0.05, 0) is 38.0 Å². The number of carbonyl (C=O) groups is 3. The van der Waals surface area contributed by atoms with Crippen molar-refractivity contribution in [3.05, 3.63) is 0 Å². The Bertz CT molecular complexity index is 745. The van der Waals surface area contributed by atoms with Crippen LogP contribution in [0.2, 0.25) is 0 Å². The van der Waals surface area contributed by atoms with E-state index in [1.54, 1.807) is 0 Å². The second kappa shape index (κ2) is 32.6. The minimum Gasteiger partial charge on any atom is -0.465 e. The molecule has 2 N–H and O–H groups in total. The molecule has 0 saturated heterocycles. The molecule has 0 saturated carbocycles. The van der Waals surface area contributed by atoms with Crippen molar-refractivity contribution in [2.24, 2.45) is 17.8 Å². The monoisotopic (exact) mass is 674 g/mol. The molecular weight excluding hydrogens is 602 g/mol. The molecule has 10 heteroatoms. The highest BCUT2D eigenvalue weighted by atomic mass is 16.7. The maximum Gasteiger partial charge on any atom is 0.508 e. The molecule has 47 heavy (non-hydrogen) atoms. The van der Waals surface area contributed by atoms with Crippen LogP contribution < -0.4 is 0 Å². The summed E-state index contributed by atoms with van der Waals surface area (Å²) in [6.45, 7) is 10.00. The van der Waals surface area contributed by atoms with Crippen LogP contribution in [-0.2, 0) is 28.5 Å². The summed E-state index contributed by atoms with van der Waals surface area (Å²) >= 11 is 0. The van der Waals surface area contributed by atoms with E-state index in [2.05, 4.69) is 27.7 Å². The van der Waals surface area contributed by atoms with Crippen LogP contribution >= 0.6 is 0 Å². The molecule has 0 aliphatic rings. The molecule has 0 bridgehead atoms. The van der Waals surface area contributed by atoms with Crippen molar-refractivity contribution >= 4 is 18.1 Å². The first kappa shape index (κ1) is 45.1. The van der Waals surface area contributed by atoms with Crippen LogP contribution in [0.25, 0.3) is 0 Å².